The van der Waals surface area contributed by atoms with Gasteiger partial charge in [-0.25, -0.2) is 4.79 Å². The molecule has 0 radical (unpaired) electrons. The predicted octanol–water partition coefficient (Wildman–Crippen LogP) is 4.06. The normalized spacial score (nSPS) is 11.5. The Labute approximate surface area is 180 Å². The van der Waals surface area contributed by atoms with E-state index >= 15 is 0 Å². The third kappa shape index (κ3) is 5.63. The fourth-order valence-electron chi connectivity index (χ4n) is 2.75. The number of aromatic nitrogens is 1. The van der Waals surface area contributed by atoms with E-state index in [1.54, 1.807) is 55.6 Å². The summed E-state index contributed by atoms with van der Waals surface area (Å²) in [5.74, 6) is 0.936. The van der Waals surface area contributed by atoms with E-state index in [2.05, 4.69) is 10.5 Å². The van der Waals surface area contributed by atoms with Crippen molar-refractivity contribution in [3.05, 3.63) is 71.1 Å². The maximum Gasteiger partial charge on any atom is 0.338 e. The number of hydrogen-bond acceptors (Lipinski definition) is 7. The highest BCUT2D eigenvalue weighted by Crippen LogP contribution is 2.19. The van der Waals surface area contributed by atoms with Crippen LogP contribution in [0, 0.1) is 13.8 Å². The molecule has 8 nitrogen and oxygen atoms in total. The maximum atomic E-state index is 12.4. The van der Waals surface area contributed by atoms with Crippen LogP contribution in [0.2, 0.25) is 0 Å². The van der Waals surface area contributed by atoms with Gasteiger partial charge in [-0.2, -0.15) is 0 Å². The van der Waals surface area contributed by atoms with E-state index in [9.17, 15) is 9.59 Å². The first-order valence-electron chi connectivity index (χ1n) is 9.68. The fraction of sp³-hybridized carbons (Fsp3) is 0.261. The van der Waals surface area contributed by atoms with Crippen molar-refractivity contribution in [1.29, 1.82) is 0 Å². The topological polar surface area (TPSA) is 99.9 Å². The molecule has 3 rings (SSSR count). The van der Waals surface area contributed by atoms with Gasteiger partial charge < -0.3 is 24.1 Å². The van der Waals surface area contributed by atoms with E-state index in [1.165, 1.54) is 6.92 Å². The standard InChI is InChI=1S/C23H24N2O6/c1-14-21(15(2)31-25-14)13-29-20-9-5-17(6-10-20)23(27)30-16(3)22(26)24-18-7-11-19(28-4)12-8-18/h5-12,16H,13H2,1-4H3,(H,24,26). The second-order valence-corrected chi connectivity index (χ2v) is 6.88. The molecule has 0 saturated carbocycles. The van der Waals surface area contributed by atoms with Crippen molar-refractivity contribution in [1.82, 2.24) is 5.16 Å². The van der Waals surface area contributed by atoms with Gasteiger partial charge in [0.05, 0.1) is 23.9 Å². The number of benzene rings is 2. The summed E-state index contributed by atoms with van der Waals surface area (Å²) in [6.07, 6.45) is -0.968. The van der Waals surface area contributed by atoms with Crippen LogP contribution in [-0.2, 0) is 16.1 Å². The Bertz CT molecular complexity index is 1020. The van der Waals surface area contributed by atoms with Gasteiger partial charge in [-0.1, -0.05) is 5.16 Å². The van der Waals surface area contributed by atoms with Crippen LogP contribution in [0.25, 0.3) is 0 Å². The lowest BCUT2D eigenvalue weighted by molar-refractivity contribution is -0.123. The summed E-state index contributed by atoms with van der Waals surface area (Å²) in [5.41, 5.74) is 2.56. The van der Waals surface area contributed by atoms with Crippen molar-refractivity contribution in [3.8, 4) is 11.5 Å². The zero-order chi connectivity index (χ0) is 22.4. The zero-order valence-corrected chi connectivity index (χ0v) is 17.8. The SMILES string of the molecule is COc1ccc(NC(=O)C(C)OC(=O)c2ccc(OCc3c(C)noc3C)cc2)cc1. The summed E-state index contributed by atoms with van der Waals surface area (Å²) in [6.45, 7) is 5.50. The molecule has 1 N–H and O–H groups in total. The third-order valence-electron chi connectivity index (χ3n) is 4.67. The Morgan fingerprint density at radius 1 is 1.03 bits per heavy atom. The number of amides is 1. The number of nitrogens with zero attached hydrogens (tertiary/aromatic N) is 1. The number of nitrogens with one attached hydrogen (secondary N) is 1. The Kier molecular flexibility index (Phi) is 6.92. The fourth-order valence-corrected chi connectivity index (χ4v) is 2.75. The van der Waals surface area contributed by atoms with E-state index in [4.69, 9.17) is 18.7 Å². The molecule has 3 aromatic rings. The molecule has 1 atom stereocenters. The third-order valence-corrected chi connectivity index (χ3v) is 4.67. The van der Waals surface area contributed by atoms with Crippen molar-refractivity contribution in [2.24, 2.45) is 0 Å². The van der Waals surface area contributed by atoms with Crippen molar-refractivity contribution in [3.63, 3.8) is 0 Å². The molecule has 1 aromatic heterocycles. The van der Waals surface area contributed by atoms with E-state index in [1.807, 2.05) is 13.8 Å². The second kappa shape index (κ2) is 9.80. The predicted molar refractivity (Wildman–Crippen MR) is 113 cm³/mol. The molecule has 2 aromatic carbocycles. The Morgan fingerprint density at radius 3 is 2.26 bits per heavy atom. The number of rotatable bonds is 8. The van der Waals surface area contributed by atoms with Gasteiger partial charge in [-0.3, -0.25) is 4.79 Å². The van der Waals surface area contributed by atoms with Crippen molar-refractivity contribution in [2.45, 2.75) is 33.5 Å². The quantitative estimate of drug-likeness (QED) is 0.544. The lowest BCUT2D eigenvalue weighted by atomic mass is 10.2. The van der Waals surface area contributed by atoms with Gasteiger partial charge in [0.2, 0.25) is 0 Å². The summed E-state index contributed by atoms with van der Waals surface area (Å²) < 4.78 is 21.2. The van der Waals surface area contributed by atoms with Crippen molar-refractivity contribution < 1.29 is 28.3 Å². The van der Waals surface area contributed by atoms with Crippen LogP contribution in [0.3, 0.4) is 0 Å². The molecule has 0 bridgehead atoms. The Hall–Kier alpha value is -3.81. The Balaban J connectivity index is 1.52. The van der Waals surface area contributed by atoms with Crippen molar-refractivity contribution >= 4 is 17.6 Å². The van der Waals surface area contributed by atoms with Gasteiger partial charge in [0.25, 0.3) is 5.91 Å². The van der Waals surface area contributed by atoms with Crippen LogP contribution < -0.4 is 14.8 Å². The summed E-state index contributed by atoms with van der Waals surface area (Å²) in [5, 5.41) is 6.58. The van der Waals surface area contributed by atoms with Gasteiger partial charge in [0, 0.05) is 5.69 Å². The summed E-state index contributed by atoms with van der Waals surface area (Å²) in [6, 6.07) is 13.3. The van der Waals surface area contributed by atoms with Gasteiger partial charge in [-0.05, 0) is 69.3 Å². The molecule has 1 heterocycles. The van der Waals surface area contributed by atoms with E-state index in [0.717, 1.165) is 11.3 Å². The van der Waals surface area contributed by atoms with Gasteiger partial charge in [-0.15, -0.1) is 0 Å². The summed E-state index contributed by atoms with van der Waals surface area (Å²) in [4.78, 5) is 24.6. The number of methoxy groups -OCH3 is 1. The Morgan fingerprint density at radius 2 is 1.68 bits per heavy atom. The van der Waals surface area contributed by atoms with E-state index in [-0.39, 0.29) is 0 Å². The minimum atomic E-state index is -0.968. The maximum absolute atomic E-state index is 12.4. The number of esters is 1. The van der Waals surface area contributed by atoms with Gasteiger partial charge >= 0.3 is 5.97 Å². The monoisotopic (exact) mass is 424 g/mol. The molecular formula is C23H24N2O6. The lowest BCUT2D eigenvalue weighted by Crippen LogP contribution is -2.29. The number of hydrogen-bond donors (Lipinski definition) is 1. The molecule has 0 aliphatic carbocycles. The number of carbonyl (C=O) groups excluding carboxylic acids is 2. The molecule has 0 aliphatic rings. The van der Waals surface area contributed by atoms with Crippen molar-refractivity contribution in [2.75, 3.05) is 12.4 Å². The molecule has 31 heavy (non-hydrogen) atoms. The first-order chi connectivity index (χ1) is 14.9. The highest BCUT2D eigenvalue weighted by atomic mass is 16.5. The molecule has 1 unspecified atom stereocenters. The highest BCUT2D eigenvalue weighted by molar-refractivity contribution is 5.97. The molecule has 8 heteroatoms. The molecule has 0 spiro atoms. The molecule has 0 aliphatic heterocycles. The minimum Gasteiger partial charge on any atom is -0.497 e. The van der Waals surface area contributed by atoms with Crippen LogP contribution in [0.4, 0.5) is 5.69 Å². The average Bonchev–Trinajstić information content (AvgIpc) is 3.10. The highest BCUT2D eigenvalue weighted by Gasteiger charge is 2.19. The molecule has 1 amide bonds. The number of aryl methyl sites for hydroxylation is 2. The van der Waals surface area contributed by atoms with Crippen LogP contribution in [-0.4, -0.2) is 30.2 Å². The first kappa shape index (κ1) is 21.9. The molecular weight excluding hydrogens is 400 g/mol. The van der Waals surface area contributed by atoms with E-state index < -0.39 is 18.0 Å². The number of ether oxygens (including phenoxy) is 3. The number of carbonyl (C=O) groups is 2. The smallest absolute Gasteiger partial charge is 0.338 e. The van der Waals surface area contributed by atoms with Crippen LogP contribution >= 0.6 is 0 Å². The zero-order valence-electron chi connectivity index (χ0n) is 17.8. The van der Waals surface area contributed by atoms with Gasteiger partial charge in [0.15, 0.2) is 6.10 Å². The molecule has 162 valence electrons. The minimum absolute atomic E-state index is 0.313. The molecule has 0 saturated heterocycles. The molecule has 0 fully saturated rings. The lowest BCUT2D eigenvalue weighted by Gasteiger charge is -2.14. The average molecular weight is 424 g/mol. The van der Waals surface area contributed by atoms with Crippen LogP contribution in [0.15, 0.2) is 53.1 Å². The first-order valence-corrected chi connectivity index (χ1v) is 9.68. The second-order valence-electron chi connectivity index (χ2n) is 6.88. The van der Waals surface area contributed by atoms with Crippen LogP contribution in [0.1, 0.15) is 34.3 Å². The summed E-state index contributed by atoms with van der Waals surface area (Å²) >= 11 is 0. The summed E-state index contributed by atoms with van der Waals surface area (Å²) in [7, 11) is 1.56. The number of anilines is 1. The van der Waals surface area contributed by atoms with Crippen LogP contribution in [0.5, 0.6) is 11.5 Å². The van der Waals surface area contributed by atoms with E-state index in [0.29, 0.717) is 35.1 Å². The van der Waals surface area contributed by atoms with Gasteiger partial charge in [0.1, 0.15) is 23.9 Å². The largest absolute Gasteiger partial charge is 0.497 e.